The number of fused-ring (bicyclic) bond motifs is 3. The summed E-state index contributed by atoms with van der Waals surface area (Å²) in [6.07, 6.45) is 7.20. The minimum Gasteiger partial charge on any atom is -0.495 e. The summed E-state index contributed by atoms with van der Waals surface area (Å²) in [5.74, 6) is 0.0726. The summed E-state index contributed by atoms with van der Waals surface area (Å²) >= 11 is 0. The summed E-state index contributed by atoms with van der Waals surface area (Å²) in [5, 5.41) is 8.89. The fraction of sp³-hybridized carbons (Fsp3) is 0.182. The number of aromatic nitrogens is 6. The van der Waals surface area contributed by atoms with Crippen molar-refractivity contribution in [2.45, 2.75) is 12.5 Å². The summed E-state index contributed by atoms with van der Waals surface area (Å²) in [5.41, 5.74) is 3.69. The molecule has 9 nitrogen and oxygen atoms in total. The number of ether oxygens (including phenoxy) is 1. The molecule has 0 saturated heterocycles. The standard InChI is InChI=1S/C22H18FN7O2/c1-32-13-4-5-18-14(10-26-30(18)11-13)22(31)28-8-6-16-20(25-12-24-16)21(28)17-9-19-15(23)3-2-7-29(19)27-17/h2-5,7,9-12,21H,6,8H2,1H3,(H,24,25). The van der Waals surface area contributed by atoms with Gasteiger partial charge in [0.2, 0.25) is 0 Å². The summed E-state index contributed by atoms with van der Waals surface area (Å²) in [6.45, 7) is 0.461. The minimum absolute atomic E-state index is 0.193. The van der Waals surface area contributed by atoms with Gasteiger partial charge in [0.05, 0.1) is 48.3 Å². The lowest BCUT2D eigenvalue weighted by atomic mass is 9.98. The number of carbonyl (C=O) groups excluding carboxylic acids is 1. The smallest absolute Gasteiger partial charge is 0.258 e. The molecule has 10 heteroatoms. The lowest BCUT2D eigenvalue weighted by molar-refractivity contribution is 0.0689. The number of amides is 1. The van der Waals surface area contributed by atoms with Crippen LogP contribution in [0.5, 0.6) is 5.75 Å². The maximum absolute atomic E-state index is 14.3. The first-order valence-electron chi connectivity index (χ1n) is 10.1. The van der Waals surface area contributed by atoms with Gasteiger partial charge < -0.3 is 14.6 Å². The average Bonchev–Trinajstić information content (AvgIpc) is 3.55. The van der Waals surface area contributed by atoms with Gasteiger partial charge >= 0.3 is 0 Å². The maximum atomic E-state index is 14.3. The molecule has 32 heavy (non-hydrogen) atoms. The fourth-order valence-electron chi connectivity index (χ4n) is 4.33. The van der Waals surface area contributed by atoms with Crippen LogP contribution < -0.4 is 4.74 Å². The van der Waals surface area contributed by atoms with Crippen molar-refractivity contribution in [1.29, 1.82) is 0 Å². The van der Waals surface area contributed by atoms with Gasteiger partial charge in [-0.3, -0.25) is 4.79 Å². The van der Waals surface area contributed by atoms with Gasteiger partial charge in [0.25, 0.3) is 5.91 Å². The monoisotopic (exact) mass is 431 g/mol. The number of pyridine rings is 2. The molecule has 0 bridgehead atoms. The lowest BCUT2D eigenvalue weighted by Gasteiger charge is -2.33. The number of imidazole rings is 1. The normalized spacial score (nSPS) is 15.9. The number of nitrogens with one attached hydrogen (secondary N) is 1. The Morgan fingerprint density at radius 2 is 2.16 bits per heavy atom. The van der Waals surface area contributed by atoms with Crippen molar-refractivity contribution in [2.24, 2.45) is 0 Å². The van der Waals surface area contributed by atoms with E-state index in [0.717, 1.165) is 5.69 Å². The highest BCUT2D eigenvalue weighted by atomic mass is 19.1. The van der Waals surface area contributed by atoms with E-state index in [1.54, 1.807) is 65.7 Å². The van der Waals surface area contributed by atoms with Gasteiger partial charge in [-0.1, -0.05) is 0 Å². The van der Waals surface area contributed by atoms with E-state index in [1.807, 2.05) is 0 Å². The second-order valence-corrected chi connectivity index (χ2v) is 7.63. The van der Waals surface area contributed by atoms with Crippen molar-refractivity contribution in [1.82, 2.24) is 34.1 Å². The van der Waals surface area contributed by atoms with Gasteiger partial charge in [-0.25, -0.2) is 18.4 Å². The molecular weight excluding hydrogens is 413 g/mol. The third-order valence-corrected chi connectivity index (χ3v) is 5.89. The Labute approximate surface area is 181 Å². The highest BCUT2D eigenvalue weighted by Crippen LogP contribution is 2.35. The number of nitrogens with zero attached hydrogens (tertiary/aromatic N) is 6. The number of methoxy groups -OCH3 is 1. The quantitative estimate of drug-likeness (QED) is 0.474. The topological polar surface area (TPSA) is 92.8 Å². The van der Waals surface area contributed by atoms with E-state index in [2.05, 4.69) is 20.2 Å². The molecule has 1 atom stereocenters. The summed E-state index contributed by atoms with van der Waals surface area (Å²) in [7, 11) is 1.58. The first kappa shape index (κ1) is 18.6. The van der Waals surface area contributed by atoms with Crippen LogP contribution in [-0.4, -0.2) is 53.7 Å². The van der Waals surface area contributed by atoms with Crippen LogP contribution >= 0.6 is 0 Å². The highest BCUT2D eigenvalue weighted by Gasteiger charge is 2.37. The number of halogens is 1. The second kappa shape index (κ2) is 6.91. The van der Waals surface area contributed by atoms with E-state index in [1.165, 1.54) is 10.6 Å². The first-order chi connectivity index (χ1) is 15.6. The molecule has 1 amide bonds. The van der Waals surface area contributed by atoms with Crippen LogP contribution in [-0.2, 0) is 6.42 Å². The van der Waals surface area contributed by atoms with Crippen LogP contribution in [0, 0.1) is 5.82 Å². The third-order valence-electron chi connectivity index (χ3n) is 5.89. The number of carbonyl (C=O) groups is 1. The molecule has 6 heterocycles. The zero-order valence-electron chi connectivity index (χ0n) is 17.1. The molecule has 1 unspecified atom stereocenters. The zero-order chi connectivity index (χ0) is 21.8. The van der Waals surface area contributed by atoms with E-state index in [9.17, 15) is 9.18 Å². The van der Waals surface area contributed by atoms with Gasteiger partial charge in [-0.2, -0.15) is 10.2 Å². The molecule has 6 rings (SSSR count). The molecule has 0 spiro atoms. The highest BCUT2D eigenvalue weighted by molar-refractivity contribution is 6.01. The number of hydrogen-bond donors (Lipinski definition) is 1. The van der Waals surface area contributed by atoms with E-state index >= 15 is 0 Å². The van der Waals surface area contributed by atoms with Crippen LogP contribution in [0.4, 0.5) is 4.39 Å². The minimum atomic E-state index is -0.551. The molecular formula is C22H18FN7O2. The Morgan fingerprint density at radius 3 is 3.00 bits per heavy atom. The van der Waals surface area contributed by atoms with E-state index in [-0.39, 0.29) is 11.7 Å². The Morgan fingerprint density at radius 1 is 1.25 bits per heavy atom. The predicted octanol–water partition coefficient (Wildman–Crippen LogP) is 2.64. The Bertz CT molecular complexity index is 1480. The molecule has 5 aromatic heterocycles. The van der Waals surface area contributed by atoms with Crippen molar-refractivity contribution in [3.05, 3.63) is 83.7 Å². The number of H-pyrrole nitrogens is 1. The third kappa shape index (κ3) is 2.69. The molecule has 0 fully saturated rings. The lowest BCUT2D eigenvalue weighted by Crippen LogP contribution is -2.41. The van der Waals surface area contributed by atoms with Crippen molar-refractivity contribution >= 4 is 16.9 Å². The zero-order valence-corrected chi connectivity index (χ0v) is 17.1. The van der Waals surface area contributed by atoms with Crippen molar-refractivity contribution < 1.29 is 13.9 Å². The van der Waals surface area contributed by atoms with Crippen molar-refractivity contribution in [2.75, 3.05) is 13.7 Å². The molecule has 1 aliphatic heterocycles. The van der Waals surface area contributed by atoms with Gasteiger partial charge in [0.1, 0.15) is 23.1 Å². The molecule has 1 aliphatic rings. The molecule has 0 aliphatic carbocycles. The first-order valence-corrected chi connectivity index (χ1v) is 10.1. The van der Waals surface area contributed by atoms with Crippen LogP contribution in [0.3, 0.4) is 0 Å². The van der Waals surface area contributed by atoms with Crippen LogP contribution in [0.15, 0.2) is 55.2 Å². The second-order valence-electron chi connectivity index (χ2n) is 7.63. The van der Waals surface area contributed by atoms with Crippen LogP contribution in [0.1, 0.15) is 33.5 Å². The van der Waals surface area contributed by atoms with Crippen LogP contribution in [0.25, 0.3) is 11.0 Å². The van der Waals surface area contributed by atoms with Gasteiger partial charge in [0, 0.05) is 24.9 Å². The molecule has 1 N–H and O–H groups in total. The number of aromatic amines is 1. The Kier molecular flexibility index (Phi) is 4.00. The van der Waals surface area contributed by atoms with Gasteiger partial charge in [-0.05, 0) is 30.3 Å². The van der Waals surface area contributed by atoms with Gasteiger partial charge in [-0.15, -0.1) is 0 Å². The van der Waals surface area contributed by atoms with Gasteiger partial charge in [0.15, 0.2) is 0 Å². The fourth-order valence-corrected chi connectivity index (χ4v) is 4.33. The maximum Gasteiger partial charge on any atom is 0.258 e. The molecule has 0 radical (unpaired) electrons. The Balaban J connectivity index is 1.47. The largest absolute Gasteiger partial charge is 0.495 e. The number of hydrogen-bond acceptors (Lipinski definition) is 5. The number of rotatable bonds is 3. The molecule has 160 valence electrons. The SMILES string of the molecule is COc1ccc2c(C(=O)N3CCc4[nH]cnc4C3c3cc4c(F)cccn4n3)cnn2c1. The van der Waals surface area contributed by atoms with Crippen molar-refractivity contribution in [3.8, 4) is 5.75 Å². The van der Waals surface area contributed by atoms with E-state index in [4.69, 9.17) is 4.74 Å². The molecule has 5 aromatic rings. The molecule has 0 aromatic carbocycles. The molecule has 0 saturated carbocycles. The predicted molar refractivity (Wildman–Crippen MR) is 112 cm³/mol. The summed E-state index contributed by atoms with van der Waals surface area (Å²) in [4.78, 5) is 23.1. The summed E-state index contributed by atoms with van der Waals surface area (Å²) < 4.78 is 22.7. The van der Waals surface area contributed by atoms with E-state index < -0.39 is 6.04 Å². The van der Waals surface area contributed by atoms with Crippen LogP contribution in [0.2, 0.25) is 0 Å². The van der Waals surface area contributed by atoms with Crippen molar-refractivity contribution in [3.63, 3.8) is 0 Å². The average molecular weight is 431 g/mol. The Hall–Kier alpha value is -4.21. The summed E-state index contributed by atoms with van der Waals surface area (Å²) in [6, 6.07) is 7.69. The van der Waals surface area contributed by atoms with E-state index in [0.29, 0.717) is 46.7 Å².